The van der Waals surface area contributed by atoms with Crippen LogP contribution in [-0.2, 0) is 17.8 Å². The van der Waals surface area contributed by atoms with E-state index in [1.807, 2.05) is 21.6 Å². The Kier molecular flexibility index (Phi) is 3.40. The zero-order valence-electron chi connectivity index (χ0n) is 11.9. The van der Waals surface area contributed by atoms with E-state index in [1.165, 1.54) is 12.8 Å². The third kappa shape index (κ3) is 2.96. The summed E-state index contributed by atoms with van der Waals surface area (Å²) in [4.78, 5) is 2.36. The highest BCUT2D eigenvalue weighted by Crippen LogP contribution is 2.34. The Morgan fingerprint density at radius 2 is 2.29 bits per heavy atom. The lowest BCUT2D eigenvalue weighted by atomic mass is 10.2. The summed E-state index contributed by atoms with van der Waals surface area (Å²) in [7, 11) is 0. The maximum Gasteiger partial charge on any atom is 0.165 e. The summed E-state index contributed by atoms with van der Waals surface area (Å²) in [5, 5.41) is 16.3. The Bertz CT molecular complexity index is 577. The molecule has 2 fully saturated rings. The third-order valence-corrected chi connectivity index (χ3v) is 3.99. The van der Waals surface area contributed by atoms with Gasteiger partial charge in [0.05, 0.1) is 31.8 Å². The molecule has 1 saturated heterocycles. The minimum atomic E-state index is 0.170. The molecule has 3 heterocycles. The van der Waals surface area contributed by atoms with Crippen LogP contribution < -0.4 is 0 Å². The van der Waals surface area contributed by atoms with Crippen LogP contribution >= 0.6 is 0 Å². The Morgan fingerprint density at radius 1 is 1.33 bits per heavy atom. The number of aromatic nitrogens is 6. The SMILES string of the molecule is c1cnn(C[C@H]2CN(Cc3nnnn3C3CC3)CCO2)c1. The molecule has 1 saturated carbocycles. The van der Waals surface area contributed by atoms with Gasteiger partial charge in [0.25, 0.3) is 0 Å². The number of hydrogen-bond acceptors (Lipinski definition) is 6. The van der Waals surface area contributed by atoms with Crippen molar-refractivity contribution in [2.75, 3.05) is 19.7 Å². The average Bonchev–Trinajstić information content (AvgIpc) is 3.01. The van der Waals surface area contributed by atoms with Gasteiger partial charge in [-0.05, 0) is 29.3 Å². The fourth-order valence-corrected chi connectivity index (χ4v) is 2.77. The Balaban J connectivity index is 1.37. The van der Waals surface area contributed by atoms with Crippen molar-refractivity contribution in [3.8, 4) is 0 Å². The number of tetrazole rings is 1. The number of nitrogens with zero attached hydrogens (tertiary/aromatic N) is 7. The second-order valence-electron chi connectivity index (χ2n) is 5.73. The summed E-state index contributed by atoms with van der Waals surface area (Å²) in [6.45, 7) is 4.14. The summed E-state index contributed by atoms with van der Waals surface area (Å²) in [6.07, 6.45) is 6.33. The van der Waals surface area contributed by atoms with E-state index in [1.54, 1.807) is 6.20 Å². The van der Waals surface area contributed by atoms with Crippen molar-refractivity contribution in [1.29, 1.82) is 0 Å². The van der Waals surface area contributed by atoms with Gasteiger partial charge in [0.2, 0.25) is 0 Å². The van der Waals surface area contributed by atoms with Crippen molar-refractivity contribution in [3.63, 3.8) is 0 Å². The highest BCUT2D eigenvalue weighted by atomic mass is 16.5. The molecule has 0 N–H and O–H groups in total. The van der Waals surface area contributed by atoms with Crippen molar-refractivity contribution in [1.82, 2.24) is 34.9 Å². The lowest BCUT2D eigenvalue weighted by Crippen LogP contribution is -2.44. The molecule has 0 aromatic carbocycles. The van der Waals surface area contributed by atoms with Crippen LogP contribution in [0.5, 0.6) is 0 Å². The monoisotopic (exact) mass is 289 g/mol. The van der Waals surface area contributed by atoms with Gasteiger partial charge in [0.15, 0.2) is 5.82 Å². The second-order valence-corrected chi connectivity index (χ2v) is 5.73. The fourth-order valence-electron chi connectivity index (χ4n) is 2.77. The van der Waals surface area contributed by atoms with Crippen LogP contribution in [0.1, 0.15) is 24.7 Å². The molecule has 0 unspecified atom stereocenters. The van der Waals surface area contributed by atoms with E-state index in [0.717, 1.165) is 38.6 Å². The summed E-state index contributed by atoms with van der Waals surface area (Å²) in [5.41, 5.74) is 0. The molecule has 0 bridgehead atoms. The normalized spacial score (nSPS) is 23.5. The van der Waals surface area contributed by atoms with Crippen LogP contribution in [0.15, 0.2) is 18.5 Å². The molecule has 2 aliphatic rings. The Labute approximate surface area is 122 Å². The van der Waals surface area contributed by atoms with Crippen molar-refractivity contribution in [3.05, 3.63) is 24.3 Å². The van der Waals surface area contributed by atoms with Crippen molar-refractivity contribution >= 4 is 0 Å². The molecule has 0 radical (unpaired) electrons. The third-order valence-electron chi connectivity index (χ3n) is 3.99. The van der Waals surface area contributed by atoms with Gasteiger partial charge in [-0.3, -0.25) is 9.58 Å². The van der Waals surface area contributed by atoms with Gasteiger partial charge in [-0.25, -0.2) is 4.68 Å². The summed E-state index contributed by atoms with van der Waals surface area (Å²) in [5.74, 6) is 0.970. The minimum absolute atomic E-state index is 0.170. The summed E-state index contributed by atoms with van der Waals surface area (Å²) < 4.78 is 9.73. The molecule has 8 nitrogen and oxygen atoms in total. The van der Waals surface area contributed by atoms with E-state index in [4.69, 9.17) is 4.74 Å². The van der Waals surface area contributed by atoms with Gasteiger partial charge in [-0.15, -0.1) is 5.10 Å². The van der Waals surface area contributed by atoms with Gasteiger partial charge in [-0.2, -0.15) is 5.10 Å². The van der Waals surface area contributed by atoms with Crippen molar-refractivity contribution in [2.24, 2.45) is 0 Å². The first-order valence-corrected chi connectivity index (χ1v) is 7.46. The molecule has 112 valence electrons. The first-order valence-electron chi connectivity index (χ1n) is 7.46. The van der Waals surface area contributed by atoms with Gasteiger partial charge in [0.1, 0.15) is 0 Å². The average molecular weight is 289 g/mol. The molecule has 0 amide bonds. The number of ether oxygens (including phenoxy) is 1. The van der Waals surface area contributed by atoms with Crippen LogP contribution in [0.4, 0.5) is 0 Å². The lowest BCUT2D eigenvalue weighted by Gasteiger charge is -2.32. The standard InChI is InChI=1S/C13H19N7O/c1-4-14-19(5-1)9-12-8-18(6-7-21-12)10-13-15-16-17-20(13)11-2-3-11/h1,4-5,11-12H,2-3,6-10H2/t12-/m1/s1. The van der Waals surface area contributed by atoms with Crippen LogP contribution in [0, 0.1) is 0 Å². The largest absolute Gasteiger partial charge is 0.374 e. The maximum absolute atomic E-state index is 5.83. The molecule has 4 rings (SSSR count). The zero-order chi connectivity index (χ0) is 14.1. The molecule has 21 heavy (non-hydrogen) atoms. The molecule has 1 aliphatic heterocycles. The maximum atomic E-state index is 5.83. The first kappa shape index (κ1) is 12.9. The van der Waals surface area contributed by atoms with Gasteiger partial charge < -0.3 is 4.74 Å². The van der Waals surface area contributed by atoms with E-state index in [0.29, 0.717) is 6.04 Å². The highest BCUT2D eigenvalue weighted by molar-refractivity contribution is 4.91. The molecular weight excluding hydrogens is 270 g/mol. The van der Waals surface area contributed by atoms with E-state index in [9.17, 15) is 0 Å². The number of morpholine rings is 1. The van der Waals surface area contributed by atoms with Gasteiger partial charge in [-0.1, -0.05) is 0 Å². The summed E-state index contributed by atoms with van der Waals surface area (Å²) in [6, 6.07) is 2.46. The quantitative estimate of drug-likeness (QED) is 0.777. The van der Waals surface area contributed by atoms with E-state index >= 15 is 0 Å². The second kappa shape index (κ2) is 5.53. The predicted octanol–water partition coefficient (Wildman–Crippen LogP) is 0.105. The Hall–Kier alpha value is -1.80. The zero-order valence-corrected chi connectivity index (χ0v) is 11.9. The summed E-state index contributed by atoms with van der Waals surface area (Å²) >= 11 is 0. The highest BCUT2D eigenvalue weighted by Gasteiger charge is 2.29. The van der Waals surface area contributed by atoms with Gasteiger partial charge in [0, 0.05) is 25.5 Å². The van der Waals surface area contributed by atoms with Crippen LogP contribution in [-0.4, -0.2) is 60.7 Å². The molecule has 1 aliphatic carbocycles. The number of rotatable bonds is 5. The van der Waals surface area contributed by atoms with E-state index in [2.05, 4.69) is 25.5 Å². The molecule has 8 heteroatoms. The Morgan fingerprint density at radius 3 is 3.10 bits per heavy atom. The van der Waals surface area contributed by atoms with Crippen molar-refractivity contribution in [2.45, 2.75) is 38.1 Å². The number of hydrogen-bond donors (Lipinski definition) is 0. The fraction of sp³-hybridized carbons (Fsp3) is 0.692. The van der Waals surface area contributed by atoms with Crippen LogP contribution in [0.25, 0.3) is 0 Å². The molecule has 0 spiro atoms. The smallest absolute Gasteiger partial charge is 0.165 e. The van der Waals surface area contributed by atoms with Gasteiger partial charge >= 0.3 is 0 Å². The van der Waals surface area contributed by atoms with Crippen LogP contribution in [0.3, 0.4) is 0 Å². The molecule has 2 aromatic rings. The van der Waals surface area contributed by atoms with E-state index < -0.39 is 0 Å². The molecule has 1 atom stereocenters. The topological polar surface area (TPSA) is 73.9 Å². The molecule has 2 aromatic heterocycles. The predicted molar refractivity (Wildman–Crippen MR) is 73.3 cm³/mol. The molecular formula is C13H19N7O. The lowest BCUT2D eigenvalue weighted by molar-refractivity contribution is -0.0412. The van der Waals surface area contributed by atoms with Crippen LogP contribution in [0.2, 0.25) is 0 Å². The first-order chi connectivity index (χ1) is 10.4. The van der Waals surface area contributed by atoms with E-state index in [-0.39, 0.29) is 6.10 Å². The van der Waals surface area contributed by atoms with Crippen molar-refractivity contribution < 1.29 is 4.74 Å². The minimum Gasteiger partial charge on any atom is -0.374 e.